The molecular weight excluding hydrogens is 267 g/mol. The number of piperidine rings is 1. The molecule has 1 aliphatic rings. The molecule has 0 atom stereocenters. The molecule has 1 aromatic carbocycles. The Bertz CT molecular complexity index is 636. The van der Waals surface area contributed by atoms with E-state index in [9.17, 15) is 4.39 Å². The molecule has 0 unspecified atom stereocenters. The van der Waals surface area contributed by atoms with Gasteiger partial charge >= 0.3 is 0 Å². The number of halogens is 1. The molecule has 1 aromatic heterocycles. The van der Waals surface area contributed by atoms with E-state index in [-0.39, 0.29) is 11.9 Å². The lowest BCUT2D eigenvalue weighted by Crippen LogP contribution is -2.40. The number of hydrogen-bond donors (Lipinski definition) is 1. The quantitative estimate of drug-likeness (QED) is 0.921. The van der Waals surface area contributed by atoms with E-state index in [0.717, 1.165) is 48.7 Å². The fourth-order valence-electron chi connectivity index (χ4n) is 2.65. The van der Waals surface area contributed by atoms with Gasteiger partial charge in [0.05, 0.1) is 5.69 Å². The van der Waals surface area contributed by atoms with Crippen LogP contribution in [-0.4, -0.2) is 29.1 Å². The molecule has 0 spiro atoms. The van der Waals surface area contributed by atoms with Crippen LogP contribution in [0.3, 0.4) is 0 Å². The highest BCUT2D eigenvalue weighted by Gasteiger charge is 2.19. The smallest absolute Gasteiger partial charge is 0.225 e. The van der Waals surface area contributed by atoms with Crippen molar-refractivity contribution in [3.05, 3.63) is 42.0 Å². The van der Waals surface area contributed by atoms with Crippen molar-refractivity contribution in [3.8, 4) is 11.1 Å². The molecule has 4 nitrogen and oxygen atoms in total. The first-order chi connectivity index (χ1) is 10.1. The minimum atomic E-state index is -0.249. The highest BCUT2D eigenvalue weighted by atomic mass is 19.1. The van der Waals surface area contributed by atoms with Crippen molar-refractivity contribution < 1.29 is 4.39 Å². The lowest BCUT2D eigenvalue weighted by Gasteiger charge is -2.30. The summed E-state index contributed by atoms with van der Waals surface area (Å²) < 4.78 is 13.3. The molecule has 21 heavy (non-hydrogen) atoms. The zero-order valence-corrected chi connectivity index (χ0v) is 12.1. The standard InChI is InChI=1S/C16H19FN4/c1-11-15(12-3-2-4-13(17)9-12)10-19-16(20-11)21-7-5-14(18)6-8-21/h2-4,9-10,14H,5-8,18H2,1H3. The Morgan fingerprint density at radius 1 is 1.29 bits per heavy atom. The maximum Gasteiger partial charge on any atom is 0.225 e. The van der Waals surface area contributed by atoms with E-state index in [4.69, 9.17) is 5.73 Å². The molecule has 2 heterocycles. The zero-order valence-electron chi connectivity index (χ0n) is 12.1. The number of rotatable bonds is 2. The van der Waals surface area contributed by atoms with E-state index in [1.807, 2.05) is 13.0 Å². The van der Waals surface area contributed by atoms with E-state index in [1.54, 1.807) is 12.3 Å². The van der Waals surface area contributed by atoms with Crippen LogP contribution in [0, 0.1) is 12.7 Å². The van der Waals surface area contributed by atoms with Crippen LogP contribution in [0.1, 0.15) is 18.5 Å². The lowest BCUT2D eigenvalue weighted by molar-refractivity contribution is 0.495. The Morgan fingerprint density at radius 3 is 2.71 bits per heavy atom. The molecule has 3 rings (SSSR count). The van der Waals surface area contributed by atoms with Crippen LogP contribution in [0.5, 0.6) is 0 Å². The fraction of sp³-hybridized carbons (Fsp3) is 0.375. The van der Waals surface area contributed by atoms with Crippen LogP contribution < -0.4 is 10.6 Å². The summed E-state index contributed by atoms with van der Waals surface area (Å²) in [6, 6.07) is 6.79. The average molecular weight is 286 g/mol. The molecule has 1 saturated heterocycles. The van der Waals surface area contributed by atoms with Crippen molar-refractivity contribution in [1.82, 2.24) is 9.97 Å². The number of nitrogens with zero attached hydrogens (tertiary/aromatic N) is 3. The van der Waals surface area contributed by atoms with Gasteiger partial charge in [-0.25, -0.2) is 14.4 Å². The molecule has 0 saturated carbocycles. The van der Waals surface area contributed by atoms with E-state index in [1.165, 1.54) is 12.1 Å². The first kappa shape index (κ1) is 13.9. The monoisotopic (exact) mass is 286 g/mol. The number of nitrogens with two attached hydrogens (primary N) is 1. The summed E-state index contributed by atoms with van der Waals surface area (Å²) >= 11 is 0. The molecule has 110 valence electrons. The highest BCUT2D eigenvalue weighted by Crippen LogP contribution is 2.24. The second kappa shape index (κ2) is 5.77. The van der Waals surface area contributed by atoms with Crippen molar-refractivity contribution in [1.29, 1.82) is 0 Å². The van der Waals surface area contributed by atoms with Gasteiger partial charge < -0.3 is 10.6 Å². The van der Waals surface area contributed by atoms with Crippen molar-refractivity contribution in [3.63, 3.8) is 0 Å². The minimum Gasteiger partial charge on any atom is -0.341 e. The third-order valence-corrected chi connectivity index (χ3v) is 3.92. The number of aromatic nitrogens is 2. The summed E-state index contributed by atoms with van der Waals surface area (Å²) in [5.41, 5.74) is 8.45. The van der Waals surface area contributed by atoms with Crippen LogP contribution in [0.25, 0.3) is 11.1 Å². The molecule has 5 heteroatoms. The van der Waals surface area contributed by atoms with Gasteiger partial charge in [0, 0.05) is 30.9 Å². The van der Waals surface area contributed by atoms with Crippen molar-refractivity contribution in [2.24, 2.45) is 5.73 Å². The molecule has 0 amide bonds. The molecule has 2 aromatic rings. The first-order valence-electron chi connectivity index (χ1n) is 7.23. The predicted molar refractivity (Wildman–Crippen MR) is 81.6 cm³/mol. The molecule has 0 bridgehead atoms. The topological polar surface area (TPSA) is 55.0 Å². The number of aryl methyl sites for hydroxylation is 1. The van der Waals surface area contributed by atoms with E-state index in [2.05, 4.69) is 14.9 Å². The van der Waals surface area contributed by atoms with Crippen LogP contribution in [0.15, 0.2) is 30.5 Å². The normalized spacial score (nSPS) is 16.2. The van der Waals surface area contributed by atoms with Gasteiger partial charge in [-0.2, -0.15) is 0 Å². The van der Waals surface area contributed by atoms with Gasteiger partial charge in [0.1, 0.15) is 5.82 Å². The third-order valence-electron chi connectivity index (χ3n) is 3.92. The Balaban J connectivity index is 1.86. The van der Waals surface area contributed by atoms with Gasteiger partial charge in [-0.05, 0) is 37.5 Å². The first-order valence-corrected chi connectivity index (χ1v) is 7.23. The van der Waals surface area contributed by atoms with E-state index >= 15 is 0 Å². The van der Waals surface area contributed by atoms with Crippen LogP contribution in [0.4, 0.5) is 10.3 Å². The van der Waals surface area contributed by atoms with Crippen LogP contribution in [-0.2, 0) is 0 Å². The molecule has 0 radical (unpaired) electrons. The molecule has 1 aliphatic heterocycles. The summed E-state index contributed by atoms with van der Waals surface area (Å²) in [7, 11) is 0. The molecule has 1 fully saturated rings. The Morgan fingerprint density at radius 2 is 2.05 bits per heavy atom. The van der Waals surface area contributed by atoms with Crippen molar-refractivity contribution in [2.75, 3.05) is 18.0 Å². The Hall–Kier alpha value is -2.01. The minimum absolute atomic E-state index is 0.249. The van der Waals surface area contributed by atoms with Gasteiger partial charge in [0.15, 0.2) is 0 Å². The summed E-state index contributed by atoms with van der Waals surface area (Å²) in [5.74, 6) is 0.487. The Kier molecular flexibility index (Phi) is 3.84. The van der Waals surface area contributed by atoms with Crippen molar-refractivity contribution >= 4 is 5.95 Å². The number of hydrogen-bond acceptors (Lipinski definition) is 4. The van der Waals surface area contributed by atoms with E-state index < -0.39 is 0 Å². The number of anilines is 1. The van der Waals surface area contributed by atoms with Gasteiger partial charge in [-0.15, -0.1) is 0 Å². The zero-order chi connectivity index (χ0) is 14.8. The lowest BCUT2D eigenvalue weighted by atomic mass is 10.1. The average Bonchev–Trinajstić information content (AvgIpc) is 2.48. The summed E-state index contributed by atoms with van der Waals surface area (Å²) in [4.78, 5) is 11.2. The summed E-state index contributed by atoms with van der Waals surface area (Å²) in [6.45, 7) is 3.71. The number of benzene rings is 1. The summed E-state index contributed by atoms with van der Waals surface area (Å²) in [6.07, 6.45) is 3.71. The summed E-state index contributed by atoms with van der Waals surface area (Å²) in [5, 5.41) is 0. The van der Waals surface area contributed by atoms with Gasteiger partial charge in [0.25, 0.3) is 0 Å². The van der Waals surface area contributed by atoms with Crippen LogP contribution >= 0.6 is 0 Å². The Labute approximate surface area is 123 Å². The van der Waals surface area contributed by atoms with Crippen LogP contribution in [0.2, 0.25) is 0 Å². The maximum absolute atomic E-state index is 13.3. The predicted octanol–water partition coefficient (Wildman–Crippen LogP) is 2.52. The van der Waals surface area contributed by atoms with Gasteiger partial charge in [0.2, 0.25) is 5.95 Å². The third kappa shape index (κ3) is 3.03. The highest BCUT2D eigenvalue weighted by molar-refractivity contribution is 5.65. The molecular formula is C16H19FN4. The van der Waals surface area contributed by atoms with Crippen molar-refractivity contribution in [2.45, 2.75) is 25.8 Å². The fourth-order valence-corrected chi connectivity index (χ4v) is 2.65. The van der Waals surface area contributed by atoms with Gasteiger partial charge in [-0.3, -0.25) is 0 Å². The molecule has 2 N–H and O–H groups in total. The largest absolute Gasteiger partial charge is 0.341 e. The van der Waals surface area contributed by atoms with E-state index in [0.29, 0.717) is 0 Å². The van der Waals surface area contributed by atoms with Gasteiger partial charge in [-0.1, -0.05) is 12.1 Å². The molecule has 0 aliphatic carbocycles. The second-order valence-electron chi connectivity index (χ2n) is 5.50. The second-order valence-corrected chi connectivity index (χ2v) is 5.50. The SMILES string of the molecule is Cc1nc(N2CCC(N)CC2)ncc1-c1cccc(F)c1. The maximum atomic E-state index is 13.3.